The van der Waals surface area contributed by atoms with Crippen molar-refractivity contribution in [2.45, 2.75) is 77.7 Å². The number of hydrogen-bond acceptors (Lipinski definition) is 3. The van der Waals surface area contributed by atoms with Crippen LogP contribution in [0.4, 0.5) is 0 Å². The first-order valence-electron chi connectivity index (χ1n) is 12.6. The molecular formula is C26H37N3O. The van der Waals surface area contributed by atoms with Crippen LogP contribution in [-0.4, -0.2) is 23.0 Å². The van der Waals surface area contributed by atoms with E-state index in [0.29, 0.717) is 11.0 Å². The minimum atomic E-state index is 0.219. The molecule has 4 nitrogen and oxygen atoms in total. The van der Waals surface area contributed by atoms with Gasteiger partial charge in [0.15, 0.2) is 0 Å². The van der Waals surface area contributed by atoms with Crippen LogP contribution in [0.2, 0.25) is 0 Å². The molecule has 162 valence electrons. The third-order valence-corrected chi connectivity index (χ3v) is 10.6. The lowest BCUT2D eigenvalue weighted by Gasteiger charge is -2.59. The molecule has 1 saturated heterocycles. The summed E-state index contributed by atoms with van der Waals surface area (Å²) in [5.41, 5.74) is 1.36. The average molecular weight is 408 g/mol. The van der Waals surface area contributed by atoms with Gasteiger partial charge in [-0.1, -0.05) is 26.2 Å². The molecule has 5 aliphatic rings. The number of aromatic nitrogens is 2. The fraction of sp³-hybridized carbons (Fsp3) is 0.846. The predicted molar refractivity (Wildman–Crippen MR) is 115 cm³/mol. The van der Waals surface area contributed by atoms with Crippen LogP contribution in [0, 0.1) is 57.7 Å². The van der Waals surface area contributed by atoms with Crippen LogP contribution in [-0.2, 0) is 11.3 Å². The van der Waals surface area contributed by atoms with Gasteiger partial charge in [0.2, 0.25) is 0 Å². The largest absolute Gasteiger partial charge is 0.380 e. The number of fused-ring (bicyclic) bond motifs is 5. The first-order valence-corrected chi connectivity index (χ1v) is 12.6. The molecule has 0 radical (unpaired) electrons. The number of nitriles is 1. The van der Waals surface area contributed by atoms with Gasteiger partial charge in [-0.2, -0.15) is 10.4 Å². The second-order valence-electron chi connectivity index (χ2n) is 11.8. The molecule has 0 bridgehead atoms. The summed E-state index contributed by atoms with van der Waals surface area (Å²) < 4.78 is 7.88. The molecule has 5 fully saturated rings. The molecule has 1 aliphatic heterocycles. The summed E-state index contributed by atoms with van der Waals surface area (Å²) in [4.78, 5) is 0. The van der Waals surface area contributed by atoms with Crippen molar-refractivity contribution in [2.24, 2.45) is 46.3 Å². The Hall–Kier alpha value is -1.34. The van der Waals surface area contributed by atoms with E-state index in [1.165, 1.54) is 64.2 Å². The van der Waals surface area contributed by atoms with Gasteiger partial charge in [0, 0.05) is 11.6 Å². The summed E-state index contributed by atoms with van der Waals surface area (Å²) in [5.74, 6) is 5.79. The predicted octanol–water partition coefficient (Wildman–Crippen LogP) is 5.43. The summed E-state index contributed by atoms with van der Waals surface area (Å²) in [6.07, 6.45) is 18.4. The summed E-state index contributed by atoms with van der Waals surface area (Å²) in [5, 5.41) is 13.7. The van der Waals surface area contributed by atoms with Gasteiger partial charge in [0.1, 0.15) is 6.07 Å². The van der Waals surface area contributed by atoms with Gasteiger partial charge in [-0.3, -0.25) is 4.68 Å². The SMILES string of the molecule is CC12CCC3C4CCCCC4CCC3C1CCC2C1(Cn2cc(C#N)cn2)COC1. The van der Waals surface area contributed by atoms with E-state index < -0.39 is 0 Å². The van der Waals surface area contributed by atoms with Gasteiger partial charge in [-0.15, -0.1) is 0 Å². The Morgan fingerprint density at radius 1 is 1.07 bits per heavy atom. The molecule has 0 spiro atoms. The highest BCUT2D eigenvalue weighted by atomic mass is 16.5. The van der Waals surface area contributed by atoms with Crippen molar-refractivity contribution >= 4 is 0 Å². The van der Waals surface area contributed by atoms with Crippen LogP contribution in [0.5, 0.6) is 0 Å². The molecule has 0 N–H and O–H groups in total. The maximum atomic E-state index is 9.19. The highest BCUT2D eigenvalue weighted by molar-refractivity contribution is 5.22. The topological polar surface area (TPSA) is 50.8 Å². The van der Waals surface area contributed by atoms with E-state index in [1.54, 1.807) is 6.20 Å². The molecule has 4 saturated carbocycles. The van der Waals surface area contributed by atoms with Gasteiger partial charge in [0.25, 0.3) is 0 Å². The maximum absolute atomic E-state index is 9.19. The molecule has 2 heterocycles. The Bertz CT molecular complexity index is 836. The van der Waals surface area contributed by atoms with Crippen LogP contribution in [0.15, 0.2) is 12.4 Å². The van der Waals surface area contributed by atoms with E-state index in [0.717, 1.165) is 55.3 Å². The van der Waals surface area contributed by atoms with Crippen molar-refractivity contribution in [1.29, 1.82) is 5.26 Å². The zero-order valence-corrected chi connectivity index (χ0v) is 18.6. The highest BCUT2D eigenvalue weighted by Crippen LogP contribution is 2.67. The van der Waals surface area contributed by atoms with E-state index in [9.17, 15) is 5.26 Å². The molecule has 6 rings (SSSR count). The average Bonchev–Trinajstić information content (AvgIpc) is 3.34. The summed E-state index contributed by atoms with van der Waals surface area (Å²) in [7, 11) is 0. The minimum absolute atomic E-state index is 0.219. The minimum Gasteiger partial charge on any atom is -0.380 e. The van der Waals surface area contributed by atoms with Crippen molar-refractivity contribution < 1.29 is 4.74 Å². The number of rotatable bonds is 3. The lowest BCUT2D eigenvalue weighted by atomic mass is 9.48. The van der Waals surface area contributed by atoms with Crippen molar-refractivity contribution in [3.63, 3.8) is 0 Å². The zero-order valence-electron chi connectivity index (χ0n) is 18.6. The van der Waals surface area contributed by atoms with E-state index in [-0.39, 0.29) is 5.41 Å². The van der Waals surface area contributed by atoms with Gasteiger partial charge in [0.05, 0.1) is 31.5 Å². The van der Waals surface area contributed by atoms with Gasteiger partial charge in [-0.25, -0.2) is 0 Å². The van der Waals surface area contributed by atoms with Gasteiger partial charge in [-0.05, 0) is 85.9 Å². The Morgan fingerprint density at radius 3 is 2.70 bits per heavy atom. The van der Waals surface area contributed by atoms with Crippen molar-refractivity contribution in [2.75, 3.05) is 13.2 Å². The second-order valence-corrected chi connectivity index (χ2v) is 11.8. The molecule has 30 heavy (non-hydrogen) atoms. The van der Waals surface area contributed by atoms with Crippen LogP contribution in [0.1, 0.15) is 76.7 Å². The van der Waals surface area contributed by atoms with Crippen LogP contribution in [0.3, 0.4) is 0 Å². The highest BCUT2D eigenvalue weighted by Gasteiger charge is 2.62. The molecule has 7 atom stereocenters. The summed E-state index contributed by atoms with van der Waals surface area (Å²) in [6.45, 7) is 5.32. The fourth-order valence-corrected chi connectivity index (χ4v) is 9.43. The first-order chi connectivity index (χ1) is 14.6. The van der Waals surface area contributed by atoms with E-state index in [1.807, 2.05) is 10.9 Å². The molecule has 7 unspecified atom stereocenters. The monoisotopic (exact) mass is 407 g/mol. The fourth-order valence-electron chi connectivity index (χ4n) is 9.43. The van der Waals surface area contributed by atoms with E-state index in [4.69, 9.17) is 4.74 Å². The standard InChI is InChI=1S/C26H37N3O/c1-25-11-10-21-20-5-3-2-4-19(20)6-7-22(21)23(25)8-9-24(25)26(16-30-17-26)15-29-14-18(12-27)13-28-29/h13-14,19-24H,2-11,15-17H2,1H3. The Kier molecular flexibility index (Phi) is 4.57. The second kappa shape index (κ2) is 7.09. The number of nitrogens with zero attached hydrogens (tertiary/aromatic N) is 3. The quantitative estimate of drug-likeness (QED) is 0.671. The Balaban J connectivity index is 1.25. The molecule has 1 aromatic heterocycles. The third-order valence-electron chi connectivity index (χ3n) is 10.6. The summed E-state index contributed by atoms with van der Waals surface area (Å²) >= 11 is 0. The molecule has 4 heteroatoms. The smallest absolute Gasteiger partial charge is 0.102 e. The number of ether oxygens (including phenoxy) is 1. The maximum Gasteiger partial charge on any atom is 0.102 e. The lowest BCUT2D eigenvalue weighted by molar-refractivity contribution is -0.190. The Labute approximate surface area is 181 Å². The van der Waals surface area contributed by atoms with Crippen LogP contribution >= 0.6 is 0 Å². The van der Waals surface area contributed by atoms with Crippen molar-refractivity contribution in [3.8, 4) is 6.07 Å². The molecule has 0 aromatic carbocycles. The third kappa shape index (κ3) is 2.77. The van der Waals surface area contributed by atoms with Crippen LogP contribution in [0.25, 0.3) is 0 Å². The van der Waals surface area contributed by atoms with Crippen LogP contribution < -0.4 is 0 Å². The Morgan fingerprint density at radius 2 is 1.93 bits per heavy atom. The van der Waals surface area contributed by atoms with Gasteiger partial charge < -0.3 is 4.74 Å². The molecular weight excluding hydrogens is 370 g/mol. The first kappa shape index (κ1) is 19.4. The molecule has 4 aliphatic carbocycles. The van der Waals surface area contributed by atoms with Crippen molar-refractivity contribution in [1.82, 2.24) is 9.78 Å². The van der Waals surface area contributed by atoms with Crippen molar-refractivity contribution in [3.05, 3.63) is 18.0 Å². The zero-order chi connectivity index (χ0) is 20.3. The lowest BCUT2D eigenvalue weighted by Crippen LogP contribution is -2.57. The van der Waals surface area contributed by atoms with E-state index in [2.05, 4.69) is 18.1 Å². The molecule has 0 amide bonds. The van der Waals surface area contributed by atoms with Gasteiger partial charge >= 0.3 is 0 Å². The summed E-state index contributed by atoms with van der Waals surface area (Å²) in [6, 6.07) is 2.23. The molecule has 1 aromatic rings. The van der Waals surface area contributed by atoms with E-state index >= 15 is 0 Å². The number of hydrogen-bond donors (Lipinski definition) is 0. The normalized spacial score (nSPS) is 44.3.